The van der Waals surface area contributed by atoms with Gasteiger partial charge in [0, 0.05) is 30.3 Å². The first-order chi connectivity index (χ1) is 9.70. The quantitative estimate of drug-likeness (QED) is 0.871. The van der Waals surface area contributed by atoms with Crippen LogP contribution in [0.1, 0.15) is 32.3 Å². The van der Waals surface area contributed by atoms with E-state index in [0.29, 0.717) is 25.1 Å². The highest BCUT2D eigenvalue weighted by Gasteiger charge is 2.24. The van der Waals surface area contributed by atoms with Crippen LogP contribution in [0.15, 0.2) is 18.3 Å². The molecule has 2 heterocycles. The maximum absolute atomic E-state index is 12.2. The lowest BCUT2D eigenvalue weighted by Crippen LogP contribution is -2.42. The van der Waals surface area contributed by atoms with Crippen molar-refractivity contribution in [2.24, 2.45) is 5.92 Å². The number of ether oxygens (including phenoxy) is 1. The lowest BCUT2D eigenvalue weighted by atomic mass is 9.92. The summed E-state index contributed by atoms with van der Waals surface area (Å²) < 4.78 is 5.46. The first-order valence-corrected chi connectivity index (χ1v) is 7.28. The summed E-state index contributed by atoms with van der Waals surface area (Å²) in [5.74, 6) is 0.845. The molecule has 0 bridgehead atoms. The van der Waals surface area contributed by atoms with Crippen LogP contribution in [-0.4, -0.2) is 30.1 Å². The van der Waals surface area contributed by atoms with E-state index in [1.54, 1.807) is 6.20 Å². The van der Waals surface area contributed by atoms with Gasteiger partial charge in [-0.05, 0) is 39.3 Å². The second-order valence-corrected chi connectivity index (χ2v) is 5.19. The third-order valence-corrected chi connectivity index (χ3v) is 3.58. The Labute approximate surface area is 132 Å². The standard InChI is InChI=1S/C15H23N3O2.ClH/c1-3-20-15-13(5-4-7-17-15)10-18-14(19)12-6-8-16-11(2)9-12;/h4-5,7,11-12,16H,3,6,8-10H2,1-2H3,(H,18,19);1H/t11-,12-;/m0./s1. The molecule has 5 nitrogen and oxygen atoms in total. The molecule has 1 saturated heterocycles. The van der Waals surface area contributed by atoms with Gasteiger partial charge in [0.25, 0.3) is 0 Å². The molecular formula is C15H24ClN3O2. The number of rotatable bonds is 5. The summed E-state index contributed by atoms with van der Waals surface area (Å²) in [5.41, 5.74) is 0.921. The highest BCUT2D eigenvalue weighted by Crippen LogP contribution is 2.17. The van der Waals surface area contributed by atoms with E-state index in [4.69, 9.17) is 4.74 Å². The molecule has 0 aromatic carbocycles. The minimum atomic E-state index is 0. The number of hydrogen-bond acceptors (Lipinski definition) is 4. The summed E-state index contributed by atoms with van der Waals surface area (Å²) in [6.07, 6.45) is 3.50. The van der Waals surface area contributed by atoms with Crippen molar-refractivity contribution in [2.75, 3.05) is 13.2 Å². The lowest BCUT2D eigenvalue weighted by Gasteiger charge is -2.27. The van der Waals surface area contributed by atoms with Gasteiger partial charge in [-0.3, -0.25) is 4.79 Å². The Morgan fingerprint density at radius 2 is 2.38 bits per heavy atom. The van der Waals surface area contributed by atoms with Crippen LogP contribution >= 0.6 is 12.4 Å². The molecule has 2 N–H and O–H groups in total. The number of pyridine rings is 1. The van der Waals surface area contributed by atoms with E-state index in [2.05, 4.69) is 22.5 Å². The number of piperidine rings is 1. The fraction of sp³-hybridized carbons (Fsp3) is 0.600. The van der Waals surface area contributed by atoms with Crippen molar-refractivity contribution in [3.05, 3.63) is 23.9 Å². The molecule has 1 fully saturated rings. The number of nitrogens with zero attached hydrogens (tertiary/aromatic N) is 1. The molecule has 6 heteroatoms. The van der Waals surface area contributed by atoms with E-state index in [0.717, 1.165) is 24.9 Å². The Hall–Kier alpha value is -1.33. The topological polar surface area (TPSA) is 63.2 Å². The molecule has 0 radical (unpaired) electrons. The van der Waals surface area contributed by atoms with Gasteiger partial charge < -0.3 is 15.4 Å². The minimum absolute atomic E-state index is 0. The molecule has 1 aromatic heterocycles. The van der Waals surface area contributed by atoms with E-state index in [-0.39, 0.29) is 24.2 Å². The summed E-state index contributed by atoms with van der Waals surface area (Å²) in [7, 11) is 0. The van der Waals surface area contributed by atoms with Crippen LogP contribution in [0.3, 0.4) is 0 Å². The van der Waals surface area contributed by atoms with Crippen LogP contribution in [-0.2, 0) is 11.3 Å². The van der Waals surface area contributed by atoms with Crippen molar-refractivity contribution in [1.29, 1.82) is 0 Å². The monoisotopic (exact) mass is 313 g/mol. The van der Waals surface area contributed by atoms with Crippen molar-refractivity contribution in [3.8, 4) is 5.88 Å². The average molecular weight is 314 g/mol. The second-order valence-electron chi connectivity index (χ2n) is 5.19. The largest absolute Gasteiger partial charge is 0.478 e. The molecule has 118 valence electrons. The molecular weight excluding hydrogens is 290 g/mol. The van der Waals surface area contributed by atoms with Crippen molar-refractivity contribution < 1.29 is 9.53 Å². The third kappa shape index (κ3) is 5.17. The SMILES string of the molecule is CCOc1ncccc1CNC(=O)[C@H]1CCN[C@@H](C)C1.Cl. The van der Waals surface area contributed by atoms with Gasteiger partial charge in [-0.15, -0.1) is 12.4 Å². The summed E-state index contributed by atoms with van der Waals surface area (Å²) in [5, 5.41) is 6.36. The summed E-state index contributed by atoms with van der Waals surface area (Å²) >= 11 is 0. The Balaban J connectivity index is 0.00000220. The number of halogens is 1. The molecule has 0 saturated carbocycles. The molecule has 1 aliphatic rings. The van der Waals surface area contributed by atoms with Gasteiger partial charge in [-0.2, -0.15) is 0 Å². The number of amides is 1. The van der Waals surface area contributed by atoms with E-state index in [1.165, 1.54) is 0 Å². The summed E-state index contributed by atoms with van der Waals surface area (Å²) in [6, 6.07) is 4.21. The van der Waals surface area contributed by atoms with Crippen LogP contribution in [0.4, 0.5) is 0 Å². The zero-order chi connectivity index (χ0) is 14.4. The molecule has 0 spiro atoms. The maximum atomic E-state index is 12.2. The van der Waals surface area contributed by atoms with Gasteiger partial charge >= 0.3 is 0 Å². The maximum Gasteiger partial charge on any atom is 0.223 e. The predicted octanol–water partition coefficient (Wildman–Crippen LogP) is 1.91. The molecule has 1 aromatic rings. The zero-order valence-electron chi connectivity index (χ0n) is 12.6. The molecule has 2 atom stereocenters. The third-order valence-electron chi connectivity index (χ3n) is 3.58. The smallest absolute Gasteiger partial charge is 0.223 e. The highest BCUT2D eigenvalue weighted by molar-refractivity contribution is 5.85. The van der Waals surface area contributed by atoms with Crippen LogP contribution in [0.25, 0.3) is 0 Å². The Morgan fingerprint density at radius 3 is 3.10 bits per heavy atom. The van der Waals surface area contributed by atoms with E-state index in [1.807, 2.05) is 19.1 Å². The number of carbonyl (C=O) groups excluding carboxylic acids is 1. The molecule has 0 aliphatic carbocycles. The number of aromatic nitrogens is 1. The van der Waals surface area contributed by atoms with Crippen LogP contribution < -0.4 is 15.4 Å². The van der Waals surface area contributed by atoms with Crippen LogP contribution in [0.5, 0.6) is 5.88 Å². The van der Waals surface area contributed by atoms with Gasteiger partial charge in [0.15, 0.2) is 0 Å². The van der Waals surface area contributed by atoms with E-state index in [9.17, 15) is 4.79 Å². The second kappa shape index (κ2) is 8.85. The van der Waals surface area contributed by atoms with Gasteiger partial charge in [0.1, 0.15) is 0 Å². The first-order valence-electron chi connectivity index (χ1n) is 7.28. The van der Waals surface area contributed by atoms with E-state index < -0.39 is 0 Å². The van der Waals surface area contributed by atoms with E-state index >= 15 is 0 Å². The Bertz CT molecular complexity index is 456. The normalized spacial score (nSPS) is 21.2. The van der Waals surface area contributed by atoms with Crippen molar-refractivity contribution >= 4 is 18.3 Å². The molecule has 1 amide bonds. The Morgan fingerprint density at radius 1 is 1.57 bits per heavy atom. The van der Waals surface area contributed by atoms with Crippen LogP contribution in [0, 0.1) is 5.92 Å². The van der Waals surface area contributed by atoms with Gasteiger partial charge in [-0.25, -0.2) is 4.98 Å². The summed E-state index contributed by atoms with van der Waals surface area (Å²) in [6.45, 7) is 6.00. The number of nitrogens with one attached hydrogen (secondary N) is 2. The molecule has 0 unspecified atom stereocenters. The van der Waals surface area contributed by atoms with Gasteiger partial charge in [-0.1, -0.05) is 6.07 Å². The highest BCUT2D eigenvalue weighted by atomic mass is 35.5. The van der Waals surface area contributed by atoms with Gasteiger partial charge in [0.2, 0.25) is 11.8 Å². The predicted molar refractivity (Wildman–Crippen MR) is 84.7 cm³/mol. The molecule has 21 heavy (non-hydrogen) atoms. The number of carbonyl (C=O) groups is 1. The van der Waals surface area contributed by atoms with Crippen molar-refractivity contribution in [3.63, 3.8) is 0 Å². The first kappa shape index (κ1) is 17.7. The van der Waals surface area contributed by atoms with Crippen LogP contribution in [0.2, 0.25) is 0 Å². The number of hydrogen-bond donors (Lipinski definition) is 2. The molecule has 2 rings (SSSR count). The van der Waals surface area contributed by atoms with Crippen molar-refractivity contribution in [2.45, 2.75) is 39.3 Å². The molecule has 1 aliphatic heterocycles. The van der Waals surface area contributed by atoms with Crippen molar-refractivity contribution in [1.82, 2.24) is 15.6 Å². The fourth-order valence-electron chi connectivity index (χ4n) is 2.52. The zero-order valence-corrected chi connectivity index (χ0v) is 13.4. The summed E-state index contributed by atoms with van der Waals surface area (Å²) in [4.78, 5) is 16.4. The lowest BCUT2D eigenvalue weighted by molar-refractivity contribution is -0.126. The Kier molecular flexibility index (Phi) is 7.47. The minimum Gasteiger partial charge on any atom is -0.478 e. The fourth-order valence-corrected chi connectivity index (χ4v) is 2.52. The average Bonchev–Trinajstić information content (AvgIpc) is 2.46. The van der Waals surface area contributed by atoms with Gasteiger partial charge in [0.05, 0.1) is 6.61 Å².